The number of hydrogen-bond acceptors (Lipinski definition) is 4. The van der Waals surface area contributed by atoms with E-state index in [9.17, 15) is 9.59 Å². The van der Waals surface area contributed by atoms with Gasteiger partial charge < -0.3 is 9.47 Å². The van der Waals surface area contributed by atoms with Gasteiger partial charge in [0.15, 0.2) is 5.78 Å². The number of esters is 1. The number of halogens is 1. The molecule has 0 aliphatic rings. The molecule has 0 heterocycles. The molecule has 0 aliphatic carbocycles. The molecular weight excluding hydrogens is 256 g/mol. The molecule has 0 radical (unpaired) electrons. The highest BCUT2D eigenvalue weighted by Gasteiger charge is 2.22. The Balaban J connectivity index is 3.26. The fourth-order valence-electron chi connectivity index (χ4n) is 1.53. The van der Waals surface area contributed by atoms with E-state index in [2.05, 4.69) is 0 Å². The molecule has 0 N–H and O–H groups in total. The normalized spacial score (nSPS) is 11.8. The number of carbonyl (C=O) groups is 2. The number of carbonyl (C=O) groups excluding carboxylic acids is 2. The number of Topliss-reactive ketones (excluding diaryl/α,β-unsaturated/α-hetero) is 1. The summed E-state index contributed by atoms with van der Waals surface area (Å²) < 4.78 is 10.0. The van der Waals surface area contributed by atoms with E-state index >= 15 is 0 Å². The Morgan fingerprint density at radius 2 is 1.94 bits per heavy atom. The highest BCUT2D eigenvalue weighted by molar-refractivity contribution is 6.34. The fourth-order valence-corrected chi connectivity index (χ4v) is 1.65. The third-order valence-electron chi connectivity index (χ3n) is 2.34. The summed E-state index contributed by atoms with van der Waals surface area (Å²) in [5.41, 5.74) is 0.507. The van der Waals surface area contributed by atoms with Gasteiger partial charge in [-0.15, -0.1) is 11.6 Å². The summed E-state index contributed by atoms with van der Waals surface area (Å²) in [6.07, 6.45) is 0. The van der Waals surface area contributed by atoms with Gasteiger partial charge in [-0.1, -0.05) is 6.07 Å². The molecule has 5 heteroatoms. The van der Waals surface area contributed by atoms with E-state index in [1.165, 1.54) is 7.11 Å². The molecule has 0 spiro atoms. The minimum Gasteiger partial charge on any atom is -0.495 e. The number of alkyl halides is 1. The van der Waals surface area contributed by atoms with E-state index in [-0.39, 0.29) is 29.3 Å². The number of methoxy groups -OCH3 is 1. The first-order valence-corrected chi connectivity index (χ1v) is 5.99. The molecule has 1 aromatic carbocycles. The lowest BCUT2D eigenvalue weighted by molar-refractivity contribution is 0.0522. The van der Waals surface area contributed by atoms with Crippen LogP contribution >= 0.6 is 11.6 Å². The quantitative estimate of drug-likeness (QED) is 0.469. The van der Waals surface area contributed by atoms with Crippen LogP contribution in [0.3, 0.4) is 0 Å². The molecule has 0 bridgehead atoms. The van der Waals surface area contributed by atoms with Crippen molar-refractivity contribution in [3.05, 3.63) is 29.3 Å². The summed E-state index contributed by atoms with van der Waals surface area (Å²) in [4.78, 5) is 23.6. The molecule has 0 fully saturated rings. The van der Waals surface area contributed by atoms with Gasteiger partial charge in [0.2, 0.25) is 0 Å². The molecule has 1 aromatic rings. The average molecular weight is 271 g/mol. The maximum absolute atomic E-state index is 11.9. The van der Waals surface area contributed by atoms with Crippen molar-refractivity contribution in [2.45, 2.75) is 19.2 Å². The second-order valence-corrected chi connectivity index (χ2v) is 4.24. The number of ketones is 1. The van der Waals surface area contributed by atoms with E-state index in [1.807, 2.05) is 0 Å². The van der Waals surface area contributed by atoms with Crippen LogP contribution in [0.1, 0.15) is 34.6 Å². The van der Waals surface area contributed by atoms with Crippen LogP contribution in [0.15, 0.2) is 18.2 Å². The number of rotatable bonds is 5. The molecule has 1 rings (SSSR count). The zero-order chi connectivity index (χ0) is 13.7. The van der Waals surface area contributed by atoms with Gasteiger partial charge in [0.05, 0.1) is 24.7 Å². The van der Waals surface area contributed by atoms with Crippen molar-refractivity contribution < 1.29 is 19.1 Å². The van der Waals surface area contributed by atoms with Crippen LogP contribution in [0.2, 0.25) is 0 Å². The summed E-state index contributed by atoms with van der Waals surface area (Å²) in [5.74, 6) is -0.612. The van der Waals surface area contributed by atoms with E-state index in [4.69, 9.17) is 21.1 Å². The first kappa shape index (κ1) is 14.5. The summed E-state index contributed by atoms with van der Waals surface area (Å²) in [5, 5.41) is -0.684. The van der Waals surface area contributed by atoms with Gasteiger partial charge in [0.25, 0.3) is 0 Å². The van der Waals surface area contributed by atoms with Crippen molar-refractivity contribution in [2.75, 3.05) is 13.7 Å². The minimum atomic E-state index is -0.684. The zero-order valence-corrected chi connectivity index (χ0v) is 11.3. The molecule has 0 amide bonds. The Morgan fingerprint density at radius 1 is 1.33 bits per heavy atom. The maximum atomic E-state index is 11.9. The number of benzene rings is 1. The predicted octanol–water partition coefficient (Wildman–Crippen LogP) is 2.68. The molecule has 4 nitrogen and oxygen atoms in total. The first-order chi connectivity index (χ1) is 8.52. The van der Waals surface area contributed by atoms with Crippen LogP contribution < -0.4 is 4.74 Å². The SMILES string of the molecule is CCOC(=O)c1cccc(C(=O)C(C)Cl)c1OC. The maximum Gasteiger partial charge on any atom is 0.341 e. The topological polar surface area (TPSA) is 52.6 Å². The van der Waals surface area contributed by atoms with Crippen LogP contribution in [0.5, 0.6) is 5.75 Å². The summed E-state index contributed by atoms with van der Waals surface area (Å²) in [6.45, 7) is 3.53. The van der Waals surface area contributed by atoms with Crippen LogP contribution in [-0.2, 0) is 4.74 Å². The molecule has 98 valence electrons. The molecule has 0 aromatic heterocycles. The Labute approximate surface area is 111 Å². The van der Waals surface area contributed by atoms with Crippen molar-refractivity contribution in [1.82, 2.24) is 0 Å². The Morgan fingerprint density at radius 3 is 2.44 bits per heavy atom. The van der Waals surface area contributed by atoms with Gasteiger partial charge in [-0.05, 0) is 26.0 Å². The lowest BCUT2D eigenvalue weighted by Crippen LogP contribution is -2.15. The van der Waals surface area contributed by atoms with E-state index < -0.39 is 11.3 Å². The second-order valence-electron chi connectivity index (χ2n) is 3.59. The second kappa shape index (κ2) is 6.40. The van der Waals surface area contributed by atoms with Crippen molar-refractivity contribution in [3.8, 4) is 5.75 Å². The average Bonchev–Trinajstić information content (AvgIpc) is 2.36. The molecule has 1 unspecified atom stereocenters. The fraction of sp³-hybridized carbons (Fsp3) is 0.385. The standard InChI is InChI=1S/C13H15ClO4/c1-4-18-13(16)10-7-5-6-9(12(10)17-3)11(15)8(2)14/h5-8H,4H2,1-3H3. The van der Waals surface area contributed by atoms with Crippen LogP contribution in [-0.4, -0.2) is 30.8 Å². The molecule has 0 saturated carbocycles. The molecule has 0 saturated heterocycles. The first-order valence-electron chi connectivity index (χ1n) is 5.55. The largest absolute Gasteiger partial charge is 0.495 e. The highest BCUT2D eigenvalue weighted by atomic mass is 35.5. The van der Waals surface area contributed by atoms with Crippen molar-refractivity contribution in [3.63, 3.8) is 0 Å². The van der Waals surface area contributed by atoms with Crippen molar-refractivity contribution >= 4 is 23.4 Å². The van der Waals surface area contributed by atoms with Gasteiger partial charge in [-0.2, -0.15) is 0 Å². The molecule has 18 heavy (non-hydrogen) atoms. The van der Waals surface area contributed by atoms with Gasteiger partial charge >= 0.3 is 5.97 Å². The Kier molecular flexibility index (Phi) is 5.16. The van der Waals surface area contributed by atoms with Gasteiger partial charge in [-0.3, -0.25) is 4.79 Å². The van der Waals surface area contributed by atoms with Crippen LogP contribution in [0.25, 0.3) is 0 Å². The molecular formula is C13H15ClO4. The number of hydrogen-bond donors (Lipinski definition) is 0. The van der Waals surface area contributed by atoms with Gasteiger partial charge in [0, 0.05) is 0 Å². The van der Waals surface area contributed by atoms with Crippen molar-refractivity contribution in [1.29, 1.82) is 0 Å². The van der Waals surface area contributed by atoms with Crippen molar-refractivity contribution in [2.24, 2.45) is 0 Å². The zero-order valence-electron chi connectivity index (χ0n) is 10.5. The smallest absolute Gasteiger partial charge is 0.341 e. The Bertz CT molecular complexity index is 454. The Hall–Kier alpha value is -1.55. The van der Waals surface area contributed by atoms with E-state index in [1.54, 1.807) is 32.0 Å². The van der Waals surface area contributed by atoms with Crippen LogP contribution in [0.4, 0.5) is 0 Å². The summed E-state index contributed by atoms with van der Waals surface area (Å²) >= 11 is 5.76. The summed E-state index contributed by atoms with van der Waals surface area (Å²) in [7, 11) is 1.40. The lowest BCUT2D eigenvalue weighted by Gasteiger charge is -2.12. The molecule has 1 atom stereocenters. The van der Waals surface area contributed by atoms with Gasteiger partial charge in [0.1, 0.15) is 11.3 Å². The molecule has 0 aliphatic heterocycles. The van der Waals surface area contributed by atoms with Gasteiger partial charge in [-0.25, -0.2) is 4.79 Å². The van der Waals surface area contributed by atoms with E-state index in [0.29, 0.717) is 0 Å². The minimum absolute atomic E-state index is 0.202. The third-order valence-corrected chi connectivity index (χ3v) is 2.54. The van der Waals surface area contributed by atoms with Crippen LogP contribution in [0, 0.1) is 0 Å². The number of para-hydroxylation sites is 1. The number of ether oxygens (including phenoxy) is 2. The highest BCUT2D eigenvalue weighted by Crippen LogP contribution is 2.26. The monoisotopic (exact) mass is 270 g/mol. The summed E-state index contributed by atoms with van der Waals surface area (Å²) in [6, 6.07) is 4.72. The lowest BCUT2D eigenvalue weighted by atomic mass is 10.0. The third kappa shape index (κ3) is 3.01. The predicted molar refractivity (Wildman–Crippen MR) is 68.6 cm³/mol. The van der Waals surface area contributed by atoms with E-state index in [0.717, 1.165) is 0 Å².